The van der Waals surface area contributed by atoms with Gasteiger partial charge in [0.1, 0.15) is 12.3 Å². The second kappa shape index (κ2) is 8.62. The Kier molecular flexibility index (Phi) is 6.16. The molecule has 0 aliphatic carbocycles. The fourth-order valence-corrected chi connectivity index (χ4v) is 2.81. The van der Waals surface area contributed by atoms with Crippen LogP contribution >= 0.6 is 11.6 Å². The first-order chi connectivity index (χ1) is 14.1. The van der Waals surface area contributed by atoms with Crippen molar-refractivity contribution in [3.63, 3.8) is 0 Å². The Labute approximate surface area is 173 Å². The van der Waals surface area contributed by atoms with Crippen LogP contribution in [0, 0.1) is 0 Å². The molecule has 7 nitrogen and oxygen atoms in total. The van der Waals surface area contributed by atoms with Crippen LogP contribution in [0.5, 0.6) is 5.75 Å². The first-order valence-electron chi connectivity index (χ1n) is 8.63. The predicted molar refractivity (Wildman–Crippen MR) is 103 cm³/mol. The highest BCUT2D eigenvalue weighted by atomic mass is 35.5. The van der Waals surface area contributed by atoms with E-state index in [0.29, 0.717) is 22.0 Å². The van der Waals surface area contributed by atoms with Gasteiger partial charge in [-0.15, -0.1) is 18.3 Å². The smallest absolute Gasteiger partial charge is 0.406 e. The van der Waals surface area contributed by atoms with Gasteiger partial charge >= 0.3 is 12.1 Å². The predicted octanol–water partition coefficient (Wildman–Crippen LogP) is 3.12. The molecule has 0 atom stereocenters. The molecule has 158 valence electrons. The average Bonchev–Trinajstić information content (AvgIpc) is 2.94. The highest BCUT2D eigenvalue weighted by molar-refractivity contribution is 6.30. The van der Waals surface area contributed by atoms with Gasteiger partial charge in [-0.2, -0.15) is 0 Å². The number of amides is 1. The number of halogens is 4. The molecular weight excluding hydrogens is 425 g/mol. The molecule has 0 radical (unpaired) electrons. The van der Waals surface area contributed by atoms with Crippen molar-refractivity contribution in [1.82, 2.24) is 19.7 Å². The number of hydrogen-bond donors (Lipinski definition) is 1. The van der Waals surface area contributed by atoms with Crippen LogP contribution in [0.4, 0.5) is 13.2 Å². The quantitative estimate of drug-likeness (QED) is 0.639. The Morgan fingerprint density at radius 1 is 1.20 bits per heavy atom. The molecule has 0 unspecified atom stereocenters. The van der Waals surface area contributed by atoms with Gasteiger partial charge < -0.3 is 10.1 Å². The van der Waals surface area contributed by atoms with E-state index in [1.807, 2.05) is 0 Å². The molecule has 0 spiro atoms. The monoisotopic (exact) mass is 440 g/mol. The molecule has 1 N–H and O–H groups in total. The normalized spacial score (nSPS) is 11.4. The van der Waals surface area contributed by atoms with Gasteiger partial charge in [0, 0.05) is 24.2 Å². The topological polar surface area (TPSA) is 78.2 Å². The van der Waals surface area contributed by atoms with Gasteiger partial charge in [-0.05, 0) is 42.0 Å². The third kappa shape index (κ3) is 5.41. The molecule has 0 saturated carbocycles. The zero-order valence-electron chi connectivity index (χ0n) is 15.6. The van der Waals surface area contributed by atoms with Gasteiger partial charge in [-0.1, -0.05) is 23.7 Å². The van der Waals surface area contributed by atoms with Gasteiger partial charge in [0.15, 0.2) is 5.82 Å². The van der Waals surface area contributed by atoms with Gasteiger partial charge in [0.2, 0.25) is 5.91 Å². The summed E-state index contributed by atoms with van der Waals surface area (Å²) in [5.41, 5.74) is 0.565. The minimum Gasteiger partial charge on any atom is -0.406 e. The molecule has 1 amide bonds. The number of alkyl halides is 3. The fourth-order valence-electron chi connectivity index (χ4n) is 2.69. The summed E-state index contributed by atoms with van der Waals surface area (Å²) < 4.78 is 43.1. The molecule has 3 rings (SSSR count). The molecule has 0 fully saturated rings. The lowest BCUT2D eigenvalue weighted by Crippen LogP contribution is -2.33. The van der Waals surface area contributed by atoms with Crippen molar-refractivity contribution in [3.8, 4) is 17.1 Å². The highest BCUT2D eigenvalue weighted by Gasteiger charge is 2.31. The molecule has 11 heteroatoms. The molecule has 3 aromatic rings. The maximum absolute atomic E-state index is 12.4. The standard InChI is InChI=1S/C19H16ClF3N4O3/c1-26-17(13-5-7-14(20)8-6-13)25-27(18(26)29)11-16(28)24-10-12-3-2-4-15(9-12)30-19(21,22)23/h2-9H,10-11H2,1H3,(H,24,28). The Morgan fingerprint density at radius 2 is 1.90 bits per heavy atom. The molecule has 1 aromatic heterocycles. The summed E-state index contributed by atoms with van der Waals surface area (Å²) in [4.78, 5) is 24.6. The van der Waals surface area contributed by atoms with Gasteiger partial charge in [0.05, 0.1) is 0 Å². The Balaban J connectivity index is 1.66. The van der Waals surface area contributed by atoms with Crippen molar-refractivity contribution < 1.29 is 22.7 Å². The molecule has 0 aliphatic rings. The molecule has 0 bridgehead atoms. The Morgan fingerprint density at radius 3 is 2.57 bits per heavy atom. The van der Waals surface area contributed by atoms with Crippen molar-refractivity contribution in [3.05, 3.63) is 69.6 Å². The third-order valence-electron chi connectivity index (χ3n) is 4.06. The molecule has 0 saturated heterocycles. The summed E-state index contributed by atoms with van der Waals surface area (Å²) in [5.74, 6) is -0.552. The molecular formula is C19H16ClF3N4O3. The fraction of sp³-hybridized carbons (Fsp3) is 0.211. The van der Waals surface area contributed by atoms with Crippen LogP contribution in [-0.2, 0) is 24.9 Å². The summed E-state index contributed by atoms with van der Waals surface area (Å²) in [5, 5.41) is 7.25. The van der Waals surface area contributed by atoms with E-state index in [0.717, 1.165) is 10.7 Å². The SMILES string of the molecule is Cn1c(-c2ccc(Cl)cc2)nn(CC(=O)NCc2cccc(OC(F)(F)F)c2)c1=O. The second-order valence-corrected chi connectivity index (χ2v) is 6.74. The molecule has 2 aromatic carbocycles. The van der Waals surface area contributed by atoms with Crippen LogP contribution in [0.3, 0.4) is 0 Å². The number of ether oxygens (including phenoxy) is 1. The van der Waals surface area contributed by atoms with Crippen molar-refractivity contribution in [1.29, 1.82) is 0 Å². The van der Waals surface area contributed by atoms with Gasteiger partial charge in [-0.3, -0.25) is 9.36 Å². The summed E-state index contributed by atoms with van der Waals surface area (Å²) in [6.07, 6.45) is -4.80. The lowest BCUT2D eigenvalue weighted by molar-refractivity contribution is -0.274. The zero-order chi connectivity index (χ0) is 21.9. The number of rotatable bonds is 6. The highest BCUT2D eigenvalue weighted by Crippen LogP contribution is 2.23. The number of carbonyl (C=O) groups is 1. The van der Waals surface area contributed by atoms with Gasteiger partial charge in [-0.25, -0.2) is 9.48 Å². The number of hydrogen-bond acceptors (Lipinski definition) is 4. The summed E-state index contributed by atoms with van der Waals surface area (Å²) in [7, 11) is 1.53. The van der Waals surface area contributed by atoms with Crippen molar-refractivity contribution >= 4 is 17.5 Å². The first-order valence-corrected chi connectivity index (χ1v) is 9.01. The van der Waals surface area contributed by atoms with E-state index in [9.17, 15) is 22.8 Å². The Bertz CT molecular complexity index is 1110. The summed E-state index contributed by atoms with van der Waals surface area (Å²) in [6.45, 7) is -0.390. The van der Waals surface area contributed by atoms with Crippen molar-refractivity contribution in [2.24, 2.45) is 7.05 Å². The molecule has 30 heavy (non-hydrogen) atoms. The van der Waals surface area contributed by atoms with Crippen molar-refractivity contribution in [2.75, 3.05) is 0 Å². The minimum absolute atomic E-state index is 0.0421. The minimum atomic E-state index is -4.80. The summed E-state index contributed by atoms with van der Waals surface area (Å²) >= 11 is 5.86. The Hall–Kier alpha value is -3.27. The van der Waals surface area contributed by atoms with Crippen LogP contribution in [0.25, 0.3) is 11.4 Å². The molecule has 0 aliphatic heterocycles. The maximum Gasteiger partial charge on any atom is 0.573 e. The van der Waals surface area contributed by atoms with E-state index < -0.39 is 18.0 Å². The van der Waals surface area contributed by atoms with Crippen LogP contribution in [0.2, 0.25) is 5.02 Å². The van der Waals surface area contributed by atoms with E-state index in [1.54, 1.807) is 24.3 Å². The van der Waals surface area contributed by atoms with E-state index in [1.165, 1.54) is 29.8 Å². The zero-order valence-corrected chi connectivity index (χ0v) is 16.4. The number of benzene rings is 2. The average molecular weight is 441 g/mol. The second-order valence-electron chi connectivity index (χ2n) is 6.30. The van der Waals surface area contributed by atoms with Crippen LogP contribution in [-0.4, -0.2) is 26.6 Å². The van der Waals surface area contributed by atoms with Crippen LogP contribution in [0.1, 0.15) is 5.56 Å². The number of nitrogens with zero attached hydrogens (tertiary/aromatic N) is 3. The van der Waals surface area contributed by atoms with Crippen molar-refractivity contribution in [2.45, 2.75) is 19.5 Å². The number of nitrogens with one attached hydrogen (secondary N) is 1. The number of carbonyl (C=O) groups excluding carboxylic acids is 1. The van der Waals surface area contributed by atoms with E-state index in [-0.39, 0.29) is 18.8 Å². The van der Waals surface area contributed by atoms with E-state index >= 15 is 0 Å². The lowest BCUT2D eigenvalue weighted by Gasteiger charge is -2.10. The van der Waals surface area contributed by atoms with Crippen LogP contribution < -0.4 is 15.7 Å². The van der Waals surface area contributed by atoms with E-state index in [2.05, 4.69) is 15.2 Å². The third-order valence-corrected chi connectivity index (χ3v) is 4.31. The molecule has 1 heterocycles. The van der Waals surface area contributed by atoms with E-state index in [4.69, 9.17) is 11.6 Å². The van der Waals surface area contributed by atoms with Crippen LogP contribution in [0.15, 0.2) is 53.3 Å². The summed E-state index contributed by atoms with van der Waals surface area (Å²) in [6, 6.07) is 12.0. The number of aromatic nitrogens is 3. The first kappa shape index (κ1) is 21.4. The van der Waals surface area contributed by atoms with Gasteiger partial charge in [0.25, 0.3) is 0 Å². The largest absolute Gasteiger partial charge is 0.573 e. The maximum atomic E-state index is 12.4. The lowest BCUT2D eigenvalue weighted by atomic mass is 10.2.